The molecule has 0 bridgehead atoms. The number of carbonyl (C=O) groups is 1. The third-order valence-electron chi connectivity index (χ3n) is 2.81. The summed E-state index contributed by atoms with van der Waals surface area (Å²) in [6.45, 7) is 8.24. The Hall–Kier alpha value is -1.30. The molecule has 3 nitrogen and oxygen atoms in total. The summed E-state index contributed by atoms with van der Waals surface area (Å²) in [5, 5.41) is 8.33. The van der Waals surface area contributed by atoms with Gasteiger partial charge in [0.2, 0.25) is 0 Å². The van der Waals surface area contributed by atoms with Crippen molar-refractivity contribution in [2.24, 2.45) is 5.92 Å². The summed E-state index contributed by atoms with van der Waals surface area (Å²) in [6.07, 6.45) is 5.51. The van der Waals surface area contributed by atoms with Crippen molar-refractivity contribution in [3.05, 3.63) is 12.2 Å². The van der Waals surface area contributed by atoms with Crippen LogP contribution in [-0.2, 0) is 9.53 Å². The molecule has 96 valence electrons. The second kappa shape index (κ2) is 9.89. The first kappa shape index (κ1) is 15.7. The van der Waals surface area contributed by atoms with Crippen LogP contribution in [-0.4, -0.2) is 12.6 Å². The number of unbranched alkanes of at least 4 members (excludes halogenated alkanes) is 1. The van der Waals surface area contributed by atoms with Crippen LogP contribution in [0.2, 0.25) is 0 Å². The predicted molar refractivity (Wildman–Crippen MR) is 68.3 cm³/mol. The molecule has 0 aliphatic heterocycles. The number of ether oxygens (including phenoxy) is 1. The Bertz CT molecular complexity index is 278. The molecular weight excluding hydrogens is 214 g/mol. The monoisotopic (exact) mass is 237 g/mol. The molecule has 0 aromatic rings. The highest BCUT2D eigenvalue weighted by atomic mass is 16.5. The Kier molecular flexibility index (Phi) is 9.14. The number of hydrogen-bond donors (Lipinski definition) is 0. The Morgan fingerprint density at radius 1 is 1.47 bits per heavy atom. The highest BCUT2D eigenvalue weighted by Crippen LogP contribution is 2.21. The van der Waals surface area contributed by atoms with Gasteiger partial charge in [-0.1, -0.05) is 46.1 Å². The van der Waals surface area contributed by atoms with Crippen molar-refractivity contribution in [1.82, 2.24) is 0 Å². The van der Waals surface area contributed by atoms with Gasteiger partial charge in [0.15, 0.2) is 0 Å². The minimum absolute atomic E-state index is 0.167. The molecule has 0 radical (unpaired) electrons. The van der Waals surface area contributed by atoms with E-state index in [2.05, 4.69) is 20.4 Å². The van der Waals surface area contributed by atoms with Gasteiger partial charge >= 0.3 is 5.97 Å². The largest absolute Gasteiger partial charge is 0.461 e. The van der Waals surface area contributed by atoms with Crippen LogP contribution in [0.3, 0.4) is 0 Å². The maximum absolute atomic E-state index is 11.5. The Morgan fingerprint density at radius 2 is 2.18 bits per heavy atom. The van der Waals surface area contributed by atoms with Crippen molar-refractivity contribution >= 4 is 5.97 Å². The van der Waals surface area contributed by atoms with Crippen LogP contribution in [0.15, 0.2) is 12.2 Å². The van der Waals surface area contributed by atoms with E-state index in [1.807, 2.05) is 6.07 Å². The highest BCUT2D eigenvalue weighted by Gasteiger charge is 2.14. The van der Waals surface area contributed by atoms with Crippen molar-refractivity contribution in [3.63, 3.8) is 0 Å². The smallest absolute Gasteiger partial charge is 0.333 e. The van der Waals surface area contributed by atoms with Crippen molar-refractivity contribution in [2.75, 3.05) is 6.61 Å². The van der Waals surface area contributed by atoms with E-state index in [4.69, 9.17) is 10.00 Å². The minimum Gasteiger partial charge on any atom is -0.461 e. The third kappa shape index (κ3) is 7.57. The first-order valence-electron chi connectivity index (χ1n) is 6.37. The molecule has 0 saturated carbocycles. The number of nitrogens with zero attached hydrogens (tertiary/aromatic N) is 1. The molecule has 0 aliphatic rings. The first-order chi connectivity index (χ1) is 8.15. The van der Waals surface area contributed by atoms with Crippen molar-refractivity contribution < 1.29 is 9.53 Å². The summed E-state index contributed by atoms with van der Waals surface area (Å²) >= 11 is 0. The molecule has 3 heteroatoms. The average molecular weight is 237 g/mol. The maximum Gasteiger partial charge on any atom is 0.333 e. The number of nitriles is 1. The van der Waals surface area contributed by atoms with E-state index >= 15 is 0 Å². The molecule has 0 aromatic carbocycles. The summed E-state index contributed by atoms with van der Waals surface area (Å²) in [4.78, 5) is 11.5. The first-order valence-corrected chi connectivity index (χ1v) is 6.37. The summed E-state index contributed by atoms with van der Waals surface area (Å²) in [5.74, 6) is 0.168. The fourth-order valence-electron chi connectivity index (χ4n) is 1.67. The lowest BCUT2D eigenvalue weighted by atomic mass is 9.92. The van der Waals surface area contributed by atoms with E-state index in [0.29, 0.717) is 17.9 Å². The molecule has 1 unspecified atom stereocenters. The highest BCUT2D eigenvalue weighted by molar-refractivity contribution is 5.87. The van der Waals surface area contributed by atoms with Gasteiger partial charge in [-0.05, 0) is 12.3 Å². The zero-order valence-corrected chi connectivity index (χ0v) is 11.0. The molecule has 0 spiro atoms. The van der Waals surface area contributed by atoms with Crippen LogP contribution in [0.4, 0.5) is 0 Å². The molecule has 0 fully saturated rings. The number of esters is 1. The van der Waals surface area contributed by atoms with Gasteiger partial charge in [-0.15, -0.1) is 0 Å². The Morgan fingerprint density at radius 3 is 2.71 bits per heavy atom. The van der Waals surface area contributed by atoms with Crippen molar-refractivity contribution in [2.45, 2.75) is 52.4 Å². The molecule has 0 saturated heterocycles. The standard InChI is InChI=1S/C14H23NO2/c1-4-6-8-13(5-2)11-12(3)14(16)17-10-7-9-15/h13H,3-8,10-11H2,1-2H3. The van der Waals surface area contributed by atoms with Crippen LogP contribution in [0.5, 0.6) is 0 Å². The second-order valence-corrected chi connectivity index (χ2v) is 4.27. The predicted octanol–water partition coefficient (Wildman–Crippen LogP) is 3.61. The van der Waals surface area contributed by atoms with Gasteiger partial charge in [-0.25, -0.2) is 4.79 Å². The van der Waals surface area contributed by atoms with E-state index in [9.17, 15) is 4.79 Å². The van der Waals surface area contributed by atoms with Crippen LogP contribution < -0.4 is 0 Å². The molecule has 0 rings (SSSR count). The SMILES string of the molecule is C=C(CC(CC)CCCC)C(=O)OCCC#N. The number of rotatable bonds is 9. The molecule has 17 heavy (non-hydrogen) atoms. The average Bonchev–Trinajstić information content (AvgIpc) is 2.34. The van der Waals surface area contributed by atoms with Crippen LogP contribution in [0.25, 0.3) is 0 Å². The number of carbonyl (C=O) groups excluding carboxylic acids is 1. The van der Waals surface area contributed by atoms with Gasteiger partial charge in [0.25, 0.3) is 0 Å². The molecule has 0 amide bonds. The van der Waals surface area contributed by atoms with E-state index < -0.39 is 0 Å². The van der Waals surface area contributed by atoms with Crippen LogP contribution in [0.1, 0.15) is 52.4 Å². The lowest BCUT2D eigenvalue weighted by molar-refractivity contribution is -0.139. The van der Waals surface area contributed by atoms with E-state index in [1.54, 1.807) is 0 Å². The van der Waals surface area contributed by atoms with E-state index in [-0.39, 0.29) is 19.0 Å². The molecule has 0 N–H and O–H groups in total. The Labute approximate surface area is 104 Å². The molecule has 0 aliphatic carbocycles. The van der Waals surface area contributed by atoms with Gasteiger partial charge < -0.3 is 4.74 Å². The minimum atomic E-state index is -0.352. The van der Waals surface area contributed by atoms with Crippen molar-refractivity contribution in [3.8, 4) is 6.07 Å². The molecule has 1 atom stereocenters. The summed E-state index contributed by atoms with van der Waals surface area (Å²) in [5.41, 5.74) is 0.533. The Balaban J connectivity index is 3.95. The zero-order chi connectivity index (χ0) is 13.1. The van der Waals surface area contributed by atoms with Gasteiger partial charge in [0.1, 0.15) is 6.61 Å². The number of hydrogen-bond acceptors (Lipinski definition) is 3. The lowest BCUT2D eigenvalue weighted by Gasteiger charge is -2.15. The molecule has 0 aromatic heterocycles. The molecule has 0 heterocycles. The summed E-state index contributed by atoms with van der Waals surface area (Å²) in [6, 6.07) is 1.93. The van der Waals surface area contributed by atoms with Gasteiger partial charge in [0.05, 0.1) is 12.5 Å². The summed E-state index contributed by atoms with van der Waals surface area (Å²) < 4.78 is 4.93. The lowest BCUT2D eigenvalue weighted by Crippen LogP contribution is -2.11. The van der Waals surface area contributed by atoms with Crippen molar-refractivity contribution in [1.29, 1.82) is 5.26 Å². The fraction of sp³-hybridized carbons (Fsp3) is 0.714. The fourth-order valence-corrected chi connectivity index (χ4v) is 1.67. The topological polar surface area (TPSA) is 50.1 Å². The zero-order valence-electron chi connectivity index (χ0n) is 11.0. The van der Waals surface area contributed by atoms with Crippen LogP contribution in [0, 0.1) is 17.2 Å². The second-order valence-electron chi connectivity index (χ2n) is 4.27. The van der Waals surface area contributed by atoms with Gasteiger partial charge in [-0.2, -0.15) is 5.26 Å². The quantitative estimate of drug-likeness (QED) is 0.350. The normalized spacial score (nSPS) is 11.6. The van der Waals surface area contributed by atoms with E-state index in [0.717, 1.165) is 12.8 Å². The summed E-state index contributed by atoms with van der Waals surface area (Å²) in [7, 11) is 0. The maximum atomic E-state index is 11.5. The van der Waals surface area contributed by atoms with E-state index in [1.165, 1.54) is 12.8 Å². The third-order valence-corrected chi connectivity index (χ3v) is 2.81. The van der Waals surface area contributed by atoms with Crippen LogP contribution >= 0.6 is 0 Å². The van der Waals surface area contributed by atoms with Gasteiger partial charge in [0, 0.05) is 5.57 Å². The molecular formula is C14H23NO2. The van der Waals surface area contributed by atoms with Gasteiger partial charge in [-0.3, -0.25) is 0 Å².